The van der Waals surface area contributed by atoms with Crippen molar-refractivity contribution in [1.82, 2.24) is 0 Å². The highest BCUT2D eigenvalue weighted by atomic mass is 79.9. The second-order valence-electron chi connectivity index (χ2n) is 0.247. The van der Waals surface area contributed by atoms with E-state index in [-0.39, 0.29) is 0 Å². The van der Waals surface area contributed by atoms with Gasteiger partial charge in [0.1, 0.15) is 0 Å². The largest absolute Gasteiger partial charge is 0.227 e. The first-order valence-corrected chi connectivity index (χ1v) is 2.01. The van der Waals surface area contributed by atoms with Gasteiger partial charge >= 0.3 is 0 Å². The first-order chi connectivity index (χ1) is 1.73. The Hall–Kier alpha value is 0.700. The molecule has 3 heteroatoms. The molecule has 26 valence electrons. The number of alkyl halides is 3. The van der Waals surface area contributed by atoms with Crippen molar-refractivity contribution in [2.45, 2.75) is 4.54 Å². The second kappa shape index (κ2) is 1.97. The van der Waals surface area contributed by atoms with Gasteiger partial charge in [-0.1, -0.05) is 11.6 Å². The Morgan fingerprint density at radius 3 is 2.00 bits per heavy atom. The van der Waals surface area contributed by atoms with Crippen molar-refractivity contribution in [3.63, 3.8) is 0 Å². The summed E-state index contributed by atoms with van der Waals surface area (Å²) in [6, 6.07) is 0. The van der Waals surface area contributed by atoms with Crippen LogP contribution in [0.4, 0.5) is 4.39 Å². The second-order valence-corrected chi connectivity index (χ2v) is 1.96. The van der Waals surface area contributed by atoms with Gasteiger partial charge < -0.3 is 0 Å². The van der Waals surface area contributed by atoms with Crippen LogP contribution in [0.1, 0.15) is 0 Å². The fourth-order valence-electron chi connectivity index (χ4n) is 0. The van der Waals surface area contributed by atoms with E-state index in [0.717, 1.165) is 0 Å². The van der Waals surface area contributed by atoms with Crippen molar-refractivity contribution in [3.05, 3.63) is 0 Å². The molecule has 0 fully saturated rings. The number of hydrogen-bond acceptors (Lipinski definition) is 0. The maximum absolute atomic E-state index is 10.7. The molecule has 0 N–H and O–H groups in total. The summed E-state index contributed by atoms with van der Waals surface area (Å²) in [6.07, 6.45) is 0. The van der Waals surface area contributed by atoms with Crippen LogP contribution in [-0.4, -0.2) is 4.54 Å². The summed E-state index contributed by atoms with van der Waals surface area (Å²) in [5.41, 5.74) is 0. The highest BCUT2D eigenvalue weighted by Gasteiger charge is 1.80. The zero-order chi connectivity index (χ0) is 3.58. The van der Waals surface area contributed by atoms with Gasteiger partial charge in [-0.15, -0.1) is 0 Å². The van der Waals surface area contributed by atoms with Crippen LogP contribution < -0.4 is 0 Å². The Labute approximate surface area is 37.1 Å². The molecule has 0 aliphatic carbocycles. The van der Waals surface area contributed by atoms with Crippen LogP contribution in [0.2, 0.25) is 0 Å². The number of rotatable bonds is 0. The Kier molecular flexibility index (Phi) is 2.32. The zero-order valence-electron chi connectivity index (χ0n) is 1.71. The van der Waals surface area contributed by atoms with Gasteiger partial charge in [0.05, 0.1) is 0 Å². The van der Waals surface area contributed by atoms with Crippen LogP contribution in [0.3, 0.4) is 0 Å². The molecule has 0 saturated carbocycles. The van der Waals surface area contributed by atoms with Crippen molar-refractivity contribution < 1.29 is 4.39 Å². The summed E-state index contributed by atoms with van der Waals surface area (Å²) in [6.45, 7) is 0. The molecule has 1 atom stereocenters. The zero-order valence-corrected chi connectivity index (χ0v) is 4.05. The third kappa shape index (κ3) is 15.9. The van der Waals surface area contributed by atoms with E-state index in [2.05, 4.69) is 27.5 Å². The van der Waals surface area contributed by atoms with E-state index in [0.29, 0.717) is 0 Å². The molecule has 0 aromatic rings. The van der Waals surface area contributed by atoms with E-state index in [9.17, 15) is 4.39 Å². The first kappa shape index (κ1) is 4.70. The van der Waals surface area contributed by atoms with Gasteiger partial charge in [0, 0.05) is 0 Å². The van der Waals surface area contributed by atoms with Gasteiger partial charge in [-0.25, -0.2) is 4.39 Å². The molecule has 0 aliphatic rings. The number of hydrogen-bond donors (Lipinski definition) is 0. The SMILES string of the molecule is FC(Cl)Br. The average molecular weight is 147 g/mol. The van der Waals surface area contributed by atoms with Crippen molar-refractivity contribution in [2.75, 3.05) is 0 Å². The summed E-state index contributed by atoms with van der Waals surface area (Å²) in [4.78, 5) is 0. The molecule has 0 aromatic heterocycles. The minimum atomic E-state index is -1.38. The predicted molar refractivity (Wildman–Crippen MR) is 19.7 cm³/mol. The minimum absolute atomic E-state index is 1.38. The minimum Gasteiger partial charge on any atom is -0.217 e. The Morgan fingerprint density at radius 2 is 2.00 bits per heavy atom. The Balaban J connectivity index is 2.32. The average Bonchev–Trinajstić information content (AvgIpc) is 0.811. The van der Waals surface area contributed by atoms with Crippen molar-refractivity contribution in [1.29, 1.82) is 0 Å². The summed E-state index contributed by atoms with van der Waals surface area (Å²) in [5.74, 6) is 0. The van der Waals surface area contributed by atoms with Crippen LogP contribution in [0.5, 0.6) is 0 Å². The lowest BCUT2D eigenvalue weighted by atomic mass is 11.8. The molecule has 0 aromatic carbocycles. The van der Waals surface area contributed by atoms with Crippen molar-refractivity contribution in [3.8, 4) is 0 Å². The van der Waals surface area contributed by atoms with Gasteiger partial charge in [0.2, 0.25) is 4.54 Å². The van der Waals surface area contributed by atoms with Gasteiger partial charge in [-0.05, 0) is 15.9 Å². The monoisotopic (exact) mass is 146 g/mol. The summed E-state index contributed by atoms with van der Waals surface area (Å²) >= 11 is 6.89. The standard InChI is InChI=1S/CHBrClF/c2-1(3)4/h1H. The topological polar surface area (TPSA) is 0 Å². The molecule has 0 amide bonds. The van der Waals surface area contributed by atoms with Gasteiger partial charge in [0.15, 0.2) is 0 Å². The lowest BCUT2D eigenvalue weighted by Gasteiger charge is -1.68. The predicted octanol–water partition coefficient (Wildman–Crippen LogP) is 1.87. The van der Waals surface area contributed by atoms with E-state index in [1.807, 2.05) is 0 Å². The number of halogens is 3. The van der Waals surface area contributed by atoms with E-state index in [4.69, 9.17) is 0 Å². The smallest absolute Gasteiger partial charge is 0.217 e. The van der Waals surface area contributed by atoms with Gasteiger partial charge in [-0.2, -0.15) is 0 Å². The van der Waals surface area contributed by atoms with E-state index in [1.165, 1.54) is 0 Å². The maximum Gasteiger partial charge on any atom is 0.227 e. The molecule has 0 nitrogen and oxygen atoms in total. The third-order valence-electron chi connectivity index (χ3n) is 0. The fraction of sp³-hybridized carbons (Fsp3) is 1.00. The maximum atomic E-state index is 10.7. The van der Waals surface area contributed by atoms with Crippen LogP contribution >= 0.6 is 27.5 Å². The molecule has 0 saturated heterocycles. The lowest BCUT2D eigenvalue weighted by Crippen LogP contribution is -1.57. The third-order valence-corrected chi connectivity index (χ3v) is 0. The summed E-state index contributed by atoms with van der Waals surface area (Å²) in [7, 11) is 0. The Morgan fingerprint density at radius 1 is 2.00 bits per heavy atom. The molecule has 0 heterocycles. The molecule has 0 aliphatic heterocycles. The highest BCUT2D eigenvalue weighted by molar-refractivity contribution is 9.10. The highest BCUT2D eigenvalue weighted by Crippen LogP contribution is 2.02. The summed E-state index contributed by atoms with van der Waals surface area (Å²) < 4.78 is 9.30. The van der Waals surface area contributed by atoms with Crippen molar-refractivity contribution in [2.24, 2.45) is 0 Å². The molecular formula is CHBrClF. The normalized spacial score (nSPS) is 15.8. The van der Waals surface area contributed by atoms with Crippen LogP contribution in [-0.2, 0) is 0 Å². The fourth-order valence-corrected chi connectivity index (χ4v) is 0. The van der Waals surface area contributed by atoms with Crippen molar-refractivity contribution >= 4 is 27.5 Å². The van der Waals surface area contributed by atoms with Gasteiger partial charge in [0.25, 0.3) is 0 Å². The van der Waals surface area contributed by atoms with Gasteiger partial charge in [-0.3, -0.25) is 0 Å². The summed E-state index contributed by atoms with van der Waals surface area (Å²) in [5, 5.41) is 0. The van der Waals surface area contributed by atoms with Crippen LogP contribution in [0, 0.1) is 0 Å². The van der Waals surface area contributed by atoms with E-state index >= 15 is 0 Å². The molecule has 1 unspecified atom stereocenters. The van der Waals surface area contributed by atoms with Crippen LogP contribution in [0.15, 0.2) is 0 Å². The van der Waals surface area contributed by atoms with E-state index in [1.54, 1.807) is 0 Å². The molecule has 0 bridgehead atoms. The quantitative estimate of drug-likeness (QED) is 0.459. The molecule has 0 radical (unpaired) electrons. The molecular weight excluding hydrogens is 146 g/mol. The lowest BCUT2D eigenvalue weighted by molar-refractivity contribution is 0.569. The molecule has 0 rings (SSSR count). The Bertz CT molecular complexity index is 12.8. The molecule has 0 spiro atoms. The van der Waals surface area contributed by atoms with Crippen LogP contribution in [0.25, 0.3) is 0 Å². The molecule has 4 heavy (non-hydrogen) atoms. The first-order valence-electron chi connectivity index (χ1n) is 0.655. The van der Waals surface area contributed by atoms with E-state index < -0.39 is 4.54 Å².